The van der Waals surface area contributed by atoms with E-state index in [4.69, 9.17) is 9.47 Å². The first-order valence-electron chi connectivity index (χ1n) is 12.0. The molecule has 2 aromatic carbocycles. The molecule has 0 saturated heterocycles. The molecule has 3 rings (SSSR count). The topological polar surface area (TPSA) is 80.9 Å². The van der Waals surface area contributed by atoms with Gasteiger partial charge in [0.2, 0.25) is 5.88 Å². The highest BCUT2D eigenvalue weighted by atomic mass is 16.5. The molecular formula is C27H35NO5. The largest absolute Gasteiger partial charge is 0.508 e. The van der Waals surface area contributed by atoms with Gasteiger partial charge < -0.3 is 19.7 Å². The molecule has 0 atom stereocenters. The molecule has 33 heavy (non-hydrogen) atoms. The van der Waals surface area contributed by atoms with Gasteiger partial charge in [-0.1, -0.05) is 51.7 Å². The van der Waals surface area contributed by atoms with E-state index >= 15 is 0 Å². The summed E-state index contributed by atoms with van der Waals surface area (Å²) in [5.41, 5.74) is 0.676. The number of pyridine rings is 1. The smallest absolute Gasteiger partial charge is 0.254 e. The summed E-state index contributed by atoms with van der Waals surface area (Å²) in [5, 5.41) is 21.5. The van der Waals surface area contributed by atoms with Crippen molar-refractivity contribution in [2.24, 2.45) is 0 Å². The summed E-state index contributed by atoms with van der Waals surface area (Å²) in [5.74, 6) is 1.25. The van der Waals surface area contributed by atoms with Crippen molar-refractivity contribution in [3.05, 3.63) is 58.4 Å². The molecule has 6 heteroatoms. The Morgan fingerprint density at radius 2 is 1.48 bits per heavy atom. The third kappa shape index (κ3) is 6.44. The van der Waals surface area contributed by atoms with Crippen LogP contribution < -0.4 is 15.0 Å². The number of benzene rings is 2. The fraction of sp³-hybridized carbons (Fsp3) is 0.444. The number of ether oxygens (including phenoxy) is 2. The molecule has 0 amide bonds. The Bertz CT molecular complexity index is 1090. The lowest BCUT2D eigenvalue weighted by Gasteiger charge is -2.17. The van der Waals surface area contributed by atoms with E-state index in [1.165, 1.54) is 10.6 Å². The zero-order valence-electron chi connectivity index (χ0n) is 19.7. The highest BCUT2D eigenvalue weighted by Crippen LogP contribution is 2.38. The van der Waals surface area contributed by atoms with Crippen molar-refractivity contribution >= 4 is 10.8 Å². The first kappa shape index (κ1) is 24.5. The van der Waals surface area contributed by atoms with Gasteiger partial charge in [-0.3, -0.25) is 9.36 Å². The molecule has 0 radical (unpaired) electrons. The molecule has 0 aliphatic carbocycles. The predicted octanol–water partition coefficient (Wildman–Crippen LogP) is 5.79. The molecular weight excluding hydrogens is 418 g/mol. The molecule has 0 aliphatic rings. The van der Waals surface area contributed by atoms with Crippen LogP contribution in [0.25, 0.3) is 10.8 Å². The van der Waals surface area contributed by atoms with Crippen LogP contribution in [0.1, 0.15) is 57.9 Å². The summed E-state index contributed by atoms with van der Waals surface area (Å²) >= 11 is 0. The summed E-state index contributed by atoms with van der Waals surface area (Å²) in [6.07, 6.45) is 6.77. The highest BCUT2D eigenvalue weighted by Gasteiger charge is 2.17. The van der Waals surface area contributed by atoms with Gasteiger partial charge in [0.15, 0.2) is 11.5 Å². The van der Waals surface area contributed by atoms with E-state index in [2.05, 4.69) is 13.8 Å². The normalized spacial score (nSPS) is 11.1. The van der Waals surface area contributed by atoms with Crippen molar-refractivity contribution in [1.29, 1.82) is 0 Å². The number of nitrogens with zero attached hydrogens (tertiary/aromatic N) is 1. The Labute approximate surface area is 195 Å². The second-order valence-corrected chi connectivity index (χ2v) is 8.34. The maximum absolute atomic E-state index is 12.9. The van der Waals surface area contributed by atoms with Gasteiger partial charge in [-0.2, -0.15) is 0 Å². The summed E-state index contributed by atoms with van der Waals surface area (Å²) in [7, 11) is 0. The van der Waals surface area contributed by atoms with Gasteiger partial charge in [-0.05, 0) is 49.1 Å². The molecule has 3 aromatic rings. The van der Waals surface area contributed by atoms with Crippen molar-refractivity contribution in [2.45, 2.75) is 65.3 Å². The van der Waals surface area contributed by atoms with E-state index in [1.807, 2.05) is 18.2 Å². The van der Waals surface area contributed by atoms with Crippen molar-refractivity contribution in [1.82, 2.24) is 4.57 Å². The van der Waals surface area contributed by atoms with Crippen molar-refractivity contribution in [3.63, 3.8) is 0 Å². The SMILES string of the molecule is CCCCCOc1ccc2c(O)n(CCc3ccc(O)cc3)c(=O)cc2c1OCCCCC. The van der Waals surface area contributed by atoms with Gasteiger partial charge in [0.1, 0.15) is 5.75 Å². The lowest BCUT2D eigenvalue weighted by atomic mass is 10.1. The lowest BCUT2D eigenvalue weighted by molar-refractivity contribution is 0.262. The number of hydrogen-bond donors (Lipinski definition) is 2. The average molecular weight is 454 g/mol. The third-order valence-corrected chi connectivity index (χ3v) is 5.75. The average Bonchev–Trinajstić information content (AvgIpc) is 2.81. The minimum atomic E-state index is -0.291. The van der Waals surface area contributed by atoms with E-state index < -0.39 is 0 Å². The van der Waals surface area contributed by atoms with Gasteiger partial charge >= 0.3 is 0 Å². The quantitative estimate of drug-likeness (QED) is 0.320. The number of fused-ring (bicyclic) bond motifs is 1. The number of phenols is 1. The van der Waals surface area contributed by atoms with Crippen molar-refractivity contribution < 1.29 is 19.7 Å². The molecule has 0 saturated carbocycles. The van der Waals surface area contributed by atoms with Crippen molar-refractivity contribution in [3.8, 4) is 23.1 Å². The summed E-state index contributed by atoms with van der Waals surface area (Å²) in [4.78, 5) is 12.9. The van der Waals surface area contributed by atoms with Crippen LogP contribution in [0.4, 0.5) is 0 Å². The van der Waals surface area contributed by atoms with E-state index in [9.17, 15) is 15.0 Å². The molecule has 0 spiro atoms. The minimum Gasteiger partial charge on any atom is -0.508 e. The number of unbranched alkanes of at least 4 members (excludes halogenated alkanes) is 4. The second-order valence-electron chi connectivity index (χ2n) is 8.34. The Hall–Kier alpha value is -3.15. The van der Waals surface area contributed by atoms with E-state index in [-0.39, 0.29) is 17.2 Å². The Balaban J connectivity index is 1.90. The molecule has 0 unspecified atom stereocenters. The van der Waals surface area contributed by atoms with Crippen LogP contribution in [-0.2, 0) is 13.0 Å². The number of hydrogen-bond acceptors (Lipinski definition) is 5. The number of aromatic hydroxyl groups is 2. The first-order valence-corrected chi connectivity index (χ1v) is 12.0. The van der Waals surface area contributed by atoms with Crippen LogP contribution in [0.3, 0.4) is 0 Å². The standard InChI is InChI=1S/C27H35NO5/c1-3-5-7-17-32-24-14-13-22-23(26(24)33-18-8-6-4-2)19-25(30)28(27(22)31)16-15-20-9-11-21(29)12-10-20/h9-14,19,29,31H,3-8,15-18H2,1-2H3. The zero-order chi connectivity index (χ0) is 23.6. The molecule has 2 N–H and O–H groups in total. The fourth-order valence-corrected chi connectivity index (χ4v) is 3.81. The third-order valence-electron chi connectivity index (χ3n) is 5.75. The number of phenolic OH excluding ortho intramolecular Hbond substituents is 1. The zero-order valence-corrected chi connectivity index (χ0v) is 19.7. The molecule has 0 aliphatic heterocycles. The molecule has 1 heterocycles. The predicted molar refractivity (Wildman–Crippen MR) is 132 cm³/mol. The first-order chi connectivity index (χ1) is 16.0. The van der Waals surface area contributed by atoms with Crippen LogP contribution in [0, 0.1) is 0 Å². The molecule has 0 fully saturated rings. The van der Waals surface area contributed by atoms with E-state index in [0.29, 0.717) is 48.5 Å². The Morgan fingerprint density at radius 3 is 2.15 bits per heavy atom. The summed E-state index contributed by atoms with van der Waals surface area (Å²) < 4.78 is 13.5. The monoisotopic (exact) mass is 453 g/mol. The number of aryl methyl sites for hydroxylation is 1. The maximum Gasteiger partial charge on any atom is 0.254 e. The van der Waals surface area contributed by atoms with Gasteiger partial charge in [0, 0.05) is 23.4 Å². The molecule has 0 bridgehead atoms. The van der Waals surface area contributed by atoms with Gasteiger partial charge in [0.25, 0.3) is 5.56 Å². The van der Waals surface area contributed by atoms with Crippen LogP contribution >= 0.6 is 0 Å². The highest BCUT2D eigenvalue weighted by molar-refractivity contribution is 5.93. The summed E-state index contributed by atoms with van der Waals surface area (Å²) in [6.45, 7) is 5.73. The van der Waals surface area contributed by atoms with Crippen LogP contribution in [0.2, 0.25) is 0 Å². The maximum atomic E-state index is 12.9. The van der Waals surface area contributed by atoms with E-state index in [1.54, 1.807) is 18.2 Å². The van der Waals surface area contributed by atoms with E-state index in [0.717, 1.165) is 44.1 Å². The second kappa shape index (κ2) is 12.2. The van der Waals surface area contributed by atoms with Gasteiger partial charge in [-0.25, -0.2) is 0 Å². The molecule has 1 aromatic heterocycles. The molecule has 178 valence electrons. The van der Waals surface area contributed by atoms with Crippen LogP contribution in [0.5, 0.6) is 23.1 Å². The van der Waals surface area contributed by atoms with Crippen molar-refractivity contribution in [2.75, 3.05) is 13.2 Å². The summed E-state index contributed by atoms with van der Waals surface area (Å²) in [6, 6.07) is 12.0. The van der Waals surface area contributed by atoms with Gasteiger partial charge in [-0.15, -0.1) is 0 Å². The Morgan fingerprint density at radius 1 is 0.818 bits per heavy atom. The minimum absolute atomic E-state index is 0.0766. The van der Waals surface area contributed by atoms with Crippen LogP contribution in [0.15, 0.2) is 47.3 Å². The Kier molecular flexibility index (Phi) is 9.04. The number of aromatic nitrogens is 1. The molecule has 6 nitrogen and oxygen atoms in total. The number of rotatable bonds is 13. The fourth-order valence-electron chi connectivity index (χ4n) is 3.81. The lowest BCUT2D eigenvalue weighted by Crippen LogP contribution is -2.20. The van der Waals surface area contributed by atoms with Gasteiger partial charge in [0.05, 0.1) is 13.2 Å². The van der Waals surface area contributed by atoms with Crippen LogP contribution in [-0.4, -0.2) is 28.0 Å².